The molecule has 1 unspecified atom stereocenters. The van der Waals surface area contributed by atoms with Crippen molar-refractivity contribution in [3.05, 3.63) is 80.1 Å². The van der Waals surface area contributed by atoms with Gasteiger partial charge in [-0.25, -0.2) is 4.79 Å². The molecule has 8 nitrogen and oxygen atoms in total. The third kappa shape index (κ3) is 3.01. The van der Waals surface area contributed by atoms with E-state index in [4.69, 9.17) is 9.47 Å². The van der Waals surface area contributed by atoms with Gasteiger partial charge in [0.1, 0.15) is 6.10 Å². The average molecular weight is 447 g/mol. The van der Waals surface area contributed by atoms with Crippen LogP contribution in [0.1, 0.15) is 22.9 Å². The summed E-state index contributed by atoms with van der Waals surface area (Å²) in [6, 6.07) is 13.2. The van der Waals surface area contributed by atoms with E-state index in [-0.39, 0.29) is 11.3 Å². The zero-order chi connectivity index (χ0) is 23.4. The van der Waals surface area contributed by atoms with Crippen molar-refractivity contribution in [1.82, 2.24) is 13.7 Å². The van der Waals surface area contributed by atoms with E-state index in [1.807, 2.05) is 35.8 Å². The first-order valence-corrected chi connectivity index (χ1v) is 10.7. The van der Waals surface area contributed by atoms with Crippen LogP contribution in [0.5, 0.6) is 11.5 Å². The second kappa shape index (κ2) is 7.67. The standard InChI is InChI=1S/C25H25N3O5/c1-14-8-10-15(11-9-14)19-18-20(26(2)25(31)27(3)24(18)30)21-23(33-13-12-28(19)21)16-6-5-7-17(32-4)22(16)29/h5-11,23,29H,12-13H2,1-4H3. The number of phenols is 1. The normalized spacial score (nSPS) is 15.6. The lowest BCUT2D eigenvalue weighted by Gasteiger charge is -2.28. The zero-order valence-corrected chi connectivity index (χ0v) is 19.0. The summed E-state index contributed by atoms with van der Waals surface area (Å²) in [5.41, 5.74) is 3.62. The molecule has 0 saturated heterocycles. The molecule has 3 heterocycles. The molecular formula is C25H25N3O5. The second-order valence-corrected chi connectivity index (χ2v) is 8.33. The van der Waals surface area contributed by atoms with E-state index in [1.165, 1.54) is 18.7 Å². The number of nitrogens with zero attached hydrogens (tertiary/aromatic N) is 3. The predicted molar refractivity (Wildman–Crippen MR) is 125 cm³/mol. The second-order valence-electron chi connectivity index (χ2n) is 8.33. The maximum absolute atomic E-state index is 13.4. The number of aryl methyl sites for hydroxylation is 2. The number of hydrogen-bond donors (Lipinski definition) is 1. The van der Waals surface area contributed by atoms with E-state index in [0.29, 0.717) is 41.1 Å². The molecular weight excluding hydrogens is 422 g/mol. The molecule has 0 bridgehead atoms. The van der Waals surface area contributed by atoms with Crippen molar-refractivity contribution in [3.63, 3.8) is 0 Å². The van der Waals surface area contributed by atoms with Crippen LogP contribution in [0, 0.1) is 6.92 Å². The quantitative estimate of drug-likeness (QED) is 0.522. The molecule has 0 amide bonds. The maximum atomic E-state index is 13.4. The van der Waals surface area contributed by atoms with E-state index < -0.39 is 11.8 Å². The van der Waals surface area contributed by atoms with Gasteiger partial charge in [0.15, 0.2) is 11.5 Å². The summed E-state index contributed by atoms with van der Waals surface area (Å²) < 4.78 is 16.1. The average Bonchev–Trinajstić information content (AvgIpc) is 3.18. The summed E-state index contributed by atoms with van der Waals surface area (Å²) in [5, 5.41) is 11.3. The van der Waals surface area contributed by atoms with Gasteiger partial charge >= 0.3 is 5.69 Å². The Hall–Kier alpha value is -3.78. The van der Waals surface area contributed by atoms with Crippen LogP contribution < -0.4 is 16.0 Å². The highest BCUT2D eigenvalue weighted by Crippen LogP contribution is 2.44. The summed E-state index contributed by atoms with van der Waals surface area (Å²) in [6.45, 7) is 2.89. The number of ether oxygens (including phenoxy) is 2. The Labute approximate surface area is 189 Å². The highest BCUT2D eigenvalue weighted by atomic mass is 16.5. The van der Waals surface area contributed by atoms with Crippen LogP contribution in [0.4, 0.5) is 0 Å². The number of benzene rings is 2. The summed E-state index contributed by atoms with van der Waals surface area (Å²) in [5.74, 6) is 0.297. The van der Waals surface area contributed by atoms with Crippen LogP contribution in [0.3, 0.4) is 0 Å². The number of para-hydroxylation sites is 1. The van der Waals surface area contributed by atoms with Crippen LogP contribution in [0.15, 0.2) is 52.1 Å². The largest absolute Gasteiger partial charge is 0.504 e. The van der Waals surface area contributed by atoms with E-state index in [2.05, 4.69) is 0 Å². The third-order valence-electron chi connectivity index (χ3n) is 6.41. The van der Waals surface area contributed by atoms with Crippen LogP contribution in [-0.2, 0) is 25.4 Å². The minimum atomic E-state index is -0.687. The minimum Gasteiger partial charge on any atom is -0.504 e. The van der Waals surface area contributed by atoms with Gasteiger partial charge in [-0.05, 0) is 18.6 Å². The fourth-order valence-corrected chi connectivity index (χ4v) is 4.74. The Morgan fingerprint density at radius 2 is 1.79 bits per heavy atom. The highest BCUT2D eigenvalue weighted by Gasteiger charge is 2.34. The molecule has 5 rings (SSSR count). The lowest BCUT2D eigenvalue weighted by atomic mass is 10.0. The molecule has 33 heavy (non-hydrogen) atoms. The monoisotopic (exact) mass is 447 g/mol. The van der Waals surface area contributed by atoms with Crippen molar-refractivity contribution >= 4 is 10.9 Å². The third-order valence-corrected chi connectivity index (χ3v) is 6.41. The van der Waals surface area contributed by atoms with Gasteiger partial charge in [-0.3, -0.25) is 13.9 Å². The first kappa shape index (κ1) is 21.1. The van der Waals surface area contributed by atoms with Crippen molar-refractivity contribution in [2.45, 2.75) is 19.6 Å². The van der Waals surface area contributed by atoms with Gasteiger partial charge < -0.3 is 19.1 Å². The van der Waals surface area contributed by atoms with Gasteiger partial charge in [0.25, 0.3) is 5.56 Å². The SMILES string of the molecule is COc1cccc(C2OCCn3c(-c4ccc(C)cc4)c4c(=O)n(C)c(=O)n(C)c4c32)c1O. The molecule has 4 aromatic rings. The number of hydrogen-bond acceptors (Lipinski definition) is 5. The van der Waals surface area contributed by atoms with Crippen molar-refractivity contribution in [3.8, 4) is 22.8 Å². The van der Waals surface area contributed by atoms with E-state index in [0.717, 1.165) is 21.4 Å². The number of fused-ring (bicyclic) bond motifs is 3. The van der Waals surface area contributed by atoms with Crippen LogP contribution in [0.2, 0.25) is 0 Å². The fraction of sp³-hybridized carbons (Fsp3) is 0.280. The van der Waals surface area contributed by atoms with Crippen LogP contribution in [-0.4, -0.2) is 32.5 Å². The number of phenolic OH excluding ortho intramolecular Hbond substituents is 1. The van der Waals surface area contributed by atoms with Crippen molar-refractivity contribution in [2.75, 3.05) is 13.7 Å². The summed E-state index contributed by atoms with van der Waals surface area (Å²) >= 11 is 0. The van der Waals surface area contributed by atoms with Crippen molar-refractivity contribution in [1.29, 1.82) is 0 Å². The molecule has 1 N–H and O–H groups in total. The van der Waals surface area contributed by atoms with Gasteiger partial charge in [-0.1, -0.05) is 42.0 Å². The van der Waals surface area contributed by atoms with Crippen LogP contribution in [0.25, 0.3) is 22.2 Å². The van der Waals surface area contributed by atoms with E-state index in [1.54, 1.807) is 25.2 Å². The van der Waals surface area contributed by atoms with Crippen LogP contribution >= 0.6 is 0 Å². The molecule has 170 valence electrons. The van der Waals surface area contributed by atoms with Gasteiger partial charge in [0.05, 0.1) is 36.0 Å². The molecule has 1 aliphatic rings. The molecule has 2 aromatic heterocycles. The molecule has 0 fully saturated rings. The number of rotatable bonds is 3. The topological polar surface area (TPSA) is 87.6 Å². The molecule has 0 saturated carbocycles. The Bertz CT molecular complexity index is 1510. The van der Waals surface area contributed by atoms with Crippen molar-refractivity contribution in [2.24, 2.45) is 14.1 Å². The highest BCUT2D eigenvalue weighted by molar-refractivity contribution is 5.96. The molecule has 0 spiro atoms. The lowest BCUT2D eigenvalue weighted by Crippen LogP contribution is -2.37. The maximum Gasteiger partial charge on any atom is 0.331 e. The summed E-state index contributed by atoms with van der Waals surface area (Å²) in [6.07, 6.45) is -0.687. The lowest BCUT2D eigenvalue weighted by molar-refractivity contribution is 0.0462. The molecule has 1 atom stereocenters. The first-order chi connectivity index (χ1) is 15.8. The molecule has 1 aliphatic heterocycles. The number of aromatic hydroxyl groups is 1. The Balaban J connectivity index is 1.93. The Morgan fingerprint density at radius 1 is 1.06 bits per heavy atom. The van der Waals surface area contributed by atoms with Gasteiger partial charge in [0, 0.05) is 26.2 Å². The van der Waals surface area contributed by atoms with Gasteiger partial charge in [-0.2, -0.15) is 0 Å². The molecule has 0 radical (unpaired) electrons. The predicted octanol–water partition coefficient (Wildman–Crippen LogP) is 2.85. The fourth-order valence-electron chi connectivity index (χ4n) is 4.74. The molecule has 0 aliphatic carbocycles. The summed E-state index contributed by atoms with van der Waals surface area (Å²) in [4.78, 5) is 26.3. The Morgan fingerprint density at radius 3 is 2.48 bits per heavy atom. The minimum absolute atomic E-state index is 0.0291. The smallest absolute Gasteiger partial charge is 0.331 e. The van der Waals surface area contributed by atoms with Crippen molar-refractivity contribution < 1.29 is 14.6 Å². The first-order valence-electron chi connectivity index (χ1n) is 10.7. The molecule has 2 aromatic carbocycles. The zero-order valence-electron chi connectivity index (χ0n) is 19.0. The van der Waals surface area contributed by atoms with Gasteiger partial charge in [-0.15, -0.1) is 0 Å². The van der Waals surface area contributed by atoms with Gasteiger partial charge in [0.2, 0.25) is 0 Å². The summed E-state index contributed by atoms with van der Waals surface area (Å²) in [7, 11) is 4.63. The number of aromatic nitrogens is 3. The van der Waals surface area contributed by atoms with E-state index >= 15 is 0 Å². The van der Waals surface area contributed by atoms with E-state index in [9.17, 15) is 14.7 Å². The molecule has 8 heteroatoms. The number of methoxy groups -OCH3 is 1. The Kier molecular flexibility index (Phi) is 4.90.